The van der Waals surface area contributed by atoms with E-state index >= 15 is 0 Å². The number of likely N-dealkylation sites (tertiary alicyclic amines) is 1. The maximum absolute atomic E-state index is 11.2. The van der Waals surface area contributed by atoms with Crippen molar-refractivity contribution in [1.29, 1.82) is 0 Å². The maximum atomic E-state index is 11.2. The summed E-state index contributed by atoms with van der Waals surface area (Å²) in [5.41, 5.74) is 1.82. The number of carbonyl (C=O) groups excluding carboxylic acids is 1. The van der Waals surface area contributed by atoms with Crippen LogP contribution in [0.15, 0.2) is 12.4 Å². The molecule has 0 saturated carbocycles. The van der Waals surface area contributed by atoms with Crippen molar-refractivity contribution < 1.29 is 10.0 Å². The molecule has 2 N–H and O–H groups in total. The second-order valence-corrected chi connectivity index (χ2v) is 4.85. The Balaban J connectivity index is 1.76. The second kappa shape index (κ2) is 4.18. The molecule has 2 fully saturated rings. The van der Waals surface area contributed by atoms with Crippen molar-refractivity contribution in [2.24, 2.45) is 0 Å². The number of amides is 1. The molecule has 0 spiro atoms. The molecule has 2 atom stereocenters. The number of piperazine rings is 1. The van der Waals surface area contributed by atoms with Crippen LogP contribution in [0, 0.1) is 0 Å². The highest BCUT2D eigenvalue weighted by atomic mass is 16.5. The molecule has 7 heteroatoms. The lowest BCUT2D eigenvalue weighted by Crippen LogP contribution is -2.45. The number of rotatable bonds is 2. The van der Waals surface area contributed by atoms with Gasteiger partial charge in [-0.3, -0.25) is 14.9 Å². The molecule has 2 aliphatic rings. The third kappa shape index (κ3) is 1.72. The second-order valence-electron chi connectivity index (χ2n) is 4.85. The summed E-state index contributed by atoms with van der Waals surface area (Å²) < 4.78 is 0. The predicted octanol–water partition coefficient (Wildman–Crippen LogP) is -0.512. The molecular weight excluding hydrogens is 234 g/mol. The number of nitrogens with one attached hydrogen (secondary N) is 1. The van der Waals surface area contributed by atoms with E-state index in [9.17, 15) is 4.79 Å². The number of hydrogen-bond donors (Lipinski definition) is 2. The first kappa shape index (κ1) is 11.4. The van der Waals surface area contributed by atoms with Gasteiger partial charge >= 0.3 is 0 Å². The smallest absolute Gasteiger partial charge is 0.277 e. The highest BCUT2D eigenvalue weighted by molar-refractivity contribution is 5.92. The molecule has 0 radical (unpaired) electrons. The minimum Gasteiger partial charge on any atom is -0.335 e. The molecule has 3 rings (SSSR count). The quantitative estimate of drug-likeness (QED) is 0.542. The van der Waals surface area contributed by atoms with Crippen molar-refractivity contribution in [1.82, 2.24) is 20.3 Å². The van der Waals surface area contributed by atoms with Gasteiger partial charge in [0.2, 0.25) is 5.95 Å². The fourth-order valence-electron chi connectivity index (χ4n) is 2.76. The summed E-state index contributed by atoms with van der Waals surface area (Å²) in [5, 5.41) is 8.51. The summed E-state index contributed by atoms with van der Waals surface area (Å²) >= 11 is 0. The van der Waals surface area contributed by atoms with E-state index in [0.717, 1.165) is 19.5 Å². The molecule has 3 heterocycles. The first-order valence-corrected chi connectivity index (χ1v) is 5.92. The summed E-state index contributed by atoms with van der Waals surface area (Å²) in [6, 6.07) is 1.05. The van der Waals surface area contributed by atoms with Crippen LogP contribution in [-0.4, -0.2) is 58.2 Å². The first-order valence-electron chi connectivity index (χ1n) is 5.92. The minimum absolute atomic E-state index is 0.253. The van der Waals surface area contributed by atoms with E-state index in [1.165, 1.54) is 12.4 Å². The van der Waals surface area contributed by atoms with Crippen LogP contribution in [0.2, 0.25) is 0 Å². The Bertz CT molecular complexity index is 461. The molecule has 2 aliphatic heterocycles. The third-order valence-corrected chi connectivity index (χ3v) is 3.77. The van der Waals surface area contributed by atoms with E-state index in [4.69, 9.17) is 5.21 Å². The third-order valence-electron chi connectivity index (χ3n) is 3.77. The molecule has 18 heavy (non-hydrogen) atoms. The van der Waals surface area contributed by atoms with Gasteiger partial charge in [-0.05, 0) is 13.5 Å². The summed E-state index contributed by atoms with van der Waals surface area (Å²) in [6.45, 7) is 1.97. The van der Waals surface area contributed by atoms with Crippen LogP contribution in [0.5, 0.6) is 0 Å². The van der Waals surface area contributed by atoms with Gasteiger partial charge in [0.1, 0.15) is 0 Å². The Hall–Kier alpha value is -1.73. The molecule has 96 valence electrons. The number of likely N-dealkylation sites (N-methyl/N-ethyl adjacent to an activating group) is 1. The van der Waals surface area contributed by atoms with E-state index in [2.05, 4.69) is 26.8 Å². The van der Waals surface area contributed by atoms with Crippen molar-refractivity contribution >= 4 is 11.9 Å². The molecule has 1 amide bonds. The van der Waals surface area contributed by atoms with Gasteiger partial charge in [0.25, 0.3) is 5.91 Å². The largest absolute Gasteiger partial charge is 0.335 e. The molecular formula is C11H15N5O2. The number of hydroxylamine groups is 1. The topological polar surface area (TPSA) is 81.6 Å². The molecule has 0 aliphatic carbocycles. The lowest BCUT2D eigenvalue weighted by atomic mass is 10.2. The van der Waals surface area contributed by atoms with Crippen molar-refractivity contribution in [3.05, 3.63) is 18.0 Å². The minimum atomic E-state index is -0.593. The Morgan fingerprint density at radius 3 is 2.61 bits per heavy atom. The maximum Gasteiger partial charge on any atom is 0.277 e. The molecule has 1 aromatic rings. The Kier molecular flexibility index (Phi) is 2.64. The van der Waals surface area contributed by atoms with Gasteiger partial charge in [0.15, 0.2) is 0 Å². The van der Waals surface area contributed by atoms with Gasteiger partial charge in [0, 0.05) is 37.6 Å². The summed E-state index contributed by atoms with van der Waals surface area (Å²) in [7, 11) is 2.14. The van der Waals surface area contributed by atoms with Crippen molar-refractivity contribution in [3.63, 3.8) is 0 Å². The molecule has 2 bridgehead atoms. The van der Waals surface area contributed by atoms with Gasteiger partial charge in [-0.15, -0.1) is 0 Å². The zero-order chi connectivity index (χ0) is 12.7. The van der Waals surface area contributed by atoms with Gasteiger partial charge in [0.05, 0.1) is 5.56 Å². The Morgan fingerprint density at radius 1 is 1.39 bits per heavy atom. The van der Waals surface area contributed by atoms with E-state index in [-0.39, 0.29) is 5.56 Å². The standard InChI is InChI=1S/C11H15N5O2/c1-15-5-9-2-8(15)6-16(9)11-12-3-7(4-13-11)10(17)14-18/h3-4,8-9,18H,2,5-6H2,1H3,(H,14,17). The van der Waals surface area contributed by atoms with E-state index in [1.807, 2.05) is 0 Å². The van der Waals surface area contributed by atoms with Crippen LogP contribution in [-0.2, 0) is 0 Å². The van der Waals surface area contributed by atoms with Gasteiger partial charge < -0.3 is 4.90 Å². The molecule has 7 nitrogen and oxygen atoms in total. The number of fused-ring (bicyclic) bond motifs is 2. The SMILES string of the molecule is CN1CC2CC1CN2c1ncc(C(=O)NO)cn1. The van der Waals surface area contributed by atoms with Crippen molar-refractivity contribution in [2.45, 2.75) is 18.5 Å². The zero-order valence-electron chi connectivity index (χ0n) is 10.1. The highest BCUT2D eigenvalue weighted by Gasteiger charge is 2.42. The van der Waals surface area contributed by atoms with E-state index < -0.39 is 5.91 Å². The normalized spacial score (nSPS) is 26.7. The van der Waals surface area contributed by atoms with Crippen LogP contribution < -0.4 is 10.4 Å². The fourth-order valence-corrected chi connectivity index (χ4v) is 2.76. The lowest BCUT2D eigenvalue weighted by Gasteiger charge is -2.31. The lowest BCUT2D eigenvalue weighted by molar-refractivity contribution is 0.0705. The van der Waals surface area contributed by atoms with Crippen molar-refractivity contribution in [3.8, 4) is 0 Å². The zero-order valence-corrected chi connectivity index (χ0v) is 10.1. The predicted molar refractivity (Wildman–Crippen MR) is 63.5 cm³/mol. The number of carbonyl (C=O) groups is 1. The average molecular weight is 249 g/mol. The molecule has 1 aromatic heterocycles. The number of nitrogens with zero attached hydrogens (tertiary/aromatic N) is 4. The monoisotopic (exact) mass is 249 g/mol. The molecule has 2 unspecified atom stereocenters. The van der Waals surface area contributed by atoms with Gasteiger partial charge in [-0.25, -0.2) is 15.4 Å². The average Bonchev–Trinajstić information content (AvgIpc) is 2.97. The molecule has 2 saturated heterocycles. The number of aromatic nitrogens is 2. The van der Waals surface area contributed by atoms with Crippen LogP contribution in [0.1, 0.15) is 16.8 Å². The molecule has 0 aromatic carbocycles. The Morgan fingerprint density at radius 2 is 2.11 bits per heavy atom. The number of anilines is 1. The van der Waals surface area contributed by atoms with E-state index in [0.29, 0.717) is 18.0 Å². The Labute approximate surface area is 104 Å². The first-order chi connectivity index (χ1) is 8.69. The van der Waals surface area contributed by atoms with Crippen LogP contribution in [0.25, 0.3) is 0 Å². The summed E-state index contributed by atoms with van der Waals surface area (Å²) in [5.74, 6) is 0.0642. The summed E-state index contributed by atoms with van der Waals surface area (Å²) in [6.07, 6.45) is 4.02. The van der Waals surface area contributed by atoms with Crippen LogP contribution in [0.4, 0.5) is 5.95 Å². The number of hydrogen-bond acceptors (Lipinski definition) is 6. The van der Waals surface area contributed by atoms with Gasteiger partial charge in [-0.2, -0.15) is 0 Å². The highest BCUT2D eigenvalue weighted by Crippen LogP contribution is 2.31. The van der Waals surface area contributed by atoms with E-state index in [1.54, 1.807) is 5.48 Å². The van der Waals surface area contributed by atoms with Crippen molar-refractivity contribution in [2.75, 3.05) is 25.0 Å². The fraction of sp³-hybridized carbons (Fsp3) is 0.545. The van der Waals surface area contributed by atoms with Gasteiger partial charge in [-0.1, -0.05) is 0 Å². The van der Waals surface area contributed by atoms with Crippen LogP contribution >= 0.6 is 0 Å². The van der Waals surface area contributed by atoms with Crippen LogP contribution in [0.3, 0.4) is 0 Å². The summed E-state index contributed by atoms with van der Waals surface area (Å²) in [4.78, 5) is 24.1.